The van der Waals surface area contributed by atoms with Crippen LogP contribution in [0.15, 0.2) is 15.3 Å². The Morgan fingerprint density at radius 1 is 1.14 bits per heavy atom. The maximum atomic E-state index is 12.8. The first kappa shape index (κ1) is 26.6. The van der Waals surface area contributed by atoms with Crippen LogP contribution in [-0.2, 0) is 16.0 Å². The second kappa shape index (κ2) is 10.3. The van der Waals surface area contributed by atoms with E-state index in [9.17, 15) is 14.4 Å². The predicted octanol–water partition coefficient (Wildman–Crippen LogP) is 3.81. The molecule has 0 bridgehead atoms. The molecule has 0 spiro atoms. The van der Waals surface area contributed by atoms with E-state index in [2.05, 4.69) is 10.6 Å². The molecule has 0 radical (unpaired) electrons. The molecule has 1 aromatic carbocycles. The molecule has 1 atom stereocenters. The monoisotopic (exact) mass is 486 g/mol. The van der Waals surface area contributed by atoms with Crippen molar-refractivity contribution in [2.75, 3.05) is 13.2 Å². The Bertz CT molecular complexity index is 1180. The number of aryl methyl sites for hydroxylation is 2. The zero-order chi connectivity index (χ0) is 26.1. The van der Waals surface area contributed by atoms with Gasteiger partial charge in [-0.1, -0.05) is 27.7 Å². The van der Waals surface area contributed by atoms with Crippen molar-refractivity contribution in [2.24, 2.45) is 11.8 Å². The van der Waals surface area contributed by atoms with Gasteiger partial charge >= 0.3 is 5.63 Å². The number of hydrogen-bond donors (Lipinski definition) is 2. The summed E-state index contributed by atoms with van der Waals surface area (Å²) in [6, 6.07) is 1.10. The fourth-order valence-corrected chi connectivity index (χ4v) is 4.15. The average Bonchev–Trinajstić information content (AvgIpc) is 2.76. The van der Waals surface area contributed by atoms with Gasteiger partial charge in [0.2, 0.25) is 5.91 Å². The van der Waals surface area contributed by atoms with Gasteiger partial charge in [0.05, 0.1) is 5.39 Å². The first-order valence-electron chi connectivity index (χ1n) is 12.3. The van der Waals surface area contributed by atoms with Crippen LogP contribution in [0.25, 0.3) is 11.0 Å². The van der Waals surface area contributed by atoms with Gasteiger partial charge in [0.15, 0.2) is 6.61 Å². The Morgan fingerprint density at radius 2 is 1.83 bits per heavy atom. The molecule has 8 heteroatoms. The predicted molar refractivity (Wildman–Crippen MR) is 135 cm³/mol. The van der Waals surface area contributed by atoms with Crippen LogP contribution in [-0.4, -0.2) is 36.6 Å². The first-order valence-corrected chi connectivity index (χ1v) is 12.3. The highest BCUT2D eigenvalue weighted by Crippen LogP contribution is 2.43. The fourth-order valence-electron chi connectivity index (χ4n) is 4.15. The standard InChI is InChI=1S/C27H38N2O6/c1-14(2)12-28-25(31)23(15(3)4)29-21(30)13-33-20-11-19-18(9-10-27(7,8)35-19)24-22(20)16(5)17(6)26(32)34-24/h11,14-15,23H,9-10,12-13H2,1-8H3,(H,28,31)(H,29,30). The molecule has 3 rings (SSSR count). The largest absolute Gasteiger partial charge is 0.487 e. The van der Waals surface area contributed by atoms with E-state index in [1.165, 1.54) is 0 Å². The normalized spacial score (nSPS) is 15.5. The van der Waals surface area contributed by atoms with Crippen molar-refractivity contribution < 1.29 is 23.5 Å². The third kappa shape index (κ3) is 5.97. The number of amides is 2. The average molecular weight is 487 g/mol. The van der Waals surface area contributed by atoms with Crippen LogP contribution in [0.5, 0.6) is 11.5 Å². The number of ether oxygens (including phenoxy) is 2. The number of fused-ring (bicyclic) bond motifs is 3. The summed E-state index contributed by atoms with van der Waals surface area (Å²) in [5.41, 5.74) is 1.73. The second-order valence-electron chi connectivity index (χ2n) is 10.8. The maximum absolute atomic E-state index is 12.8. The minimum atomic E-state index is -0.670. The molecule has 1 aliphatic heterocycles. The number of benzene rings is 1. The van der Waals surface area contributed by atoms with E-state index in [1.54, 1.807) is 13.0 Å². The summed E-state index contributed by atoms with van der Waals surface area (Å²) in [5, 5.41) is 6.32. The molecule has 0 saturated heterocycles. The van der Waals surface area contributed by atoms with Crippen molar-refractivity contribution in [3.05, 3.63) is 33.2 Å². The van der Waals surface area contributed by atoms with Gasteiger partial charge in [-0.2, -0.15) is 0 Å². The summed E-state index contributed by atoms with van der Waals surface area (Å²) < 4.78 is 17.8. The van der Waals surface area contributed by atoms with Crippen LogP contribution in [0.3, 0.4) is 0 Å². The van der Waals surface area contributed by atoms with Crippen LogP contribution < -0.4 is 25.7 Å². The second-order valence-corrected chi connectivity index (χ2v) is 10.8. The van der Waals surface area contributed by atoms with Gasteiger partial charge in [-0.3, -0.25) is 9.59 Å². The lowest BCUT2D eigenvalue weighted by molar-refractivity contribution is -0.131. The van der Waals surface area contributed by atoms with Crippen LogP contribution in [0, 0.1) is 25.7 Å². The Hall–Kier alpha value is -3.03. The summed E-state index contributed by atoms with van der Waals surface area (Å²) >= 11 is 0. The highest BCUT2D eigenvalue weighted by molar-refractivity contribution is 5.93. The lowest BCUT2D eigenvalue weighted by atomic mass is 9.92. The van der Waals surface area contributed by atoms with Gasteiger partial charge in [0.25, 0.3) is 5.91 Å². The van der Waals surface area contributed by atoms with E-state index in [0.29, 0.717) is 46.9 Å². The highest BCUT2D eigenvalue weighted by atomic mass is 16.5. The molecule has 1 unspecified atom stereocenters. The van der Waals surface area contributed by atoms with Crippen molar-refractivity contribution in [3.8, 4) is 11.5 Å². The van der Waals surface area contributed by atoms with E-state index in [-0.39, 0.29) is 24.0 Å². The van der Waals surface area contributed by atoms with E-state index in [4.69, 9.17) is 13.9 Å². The fraction of sp³-hybridized carbons (Fsp3) is 0.593. The maximum Gasteiger partial charge on any atom is 0.339 e. The third-order valence-electron chi connectivity index (χ3n) is 6.42. The van der Waals surface area contributed by atoms with E-state index in [1.807, 2.05) is 48.5 Å². The summed E-state index contributed by atoms with van der Waals surface area (Å²) in [4.78, 5) is 37.8. The van der Waals surface area contributed by atoms with Crippen LogP contribution in [0.1, 0.15) is 64.7 Å². The van der Waals surface area contributed by atoms with Gasteiger partial charge in [0, 0.05) is 23.7 Å². The molecule has 192 valence electrons. The first-order chi connectivity index (χ1) is 16.3. The van der Waals surface area contributed by atoms with Crippen molar-refractivity contribution in [2.45, 2.75) is 79.9 Å². The molecule has 0 fully saturated rings. The number of hydrogen-bond acceptors (Lipinski definition) is 6. The Morgan fingerprint density at radius 3 is 2.46 bits per heavy atom. The topological polar surface area (TPSA) is 107 Å². The van der Waals surface area contributed by atoms with Gasteiger partial charge < -0.3 is 24.5 Å². The lowest BCUT2D eigenvalue weighted by Gasteiger charge is -2.33. The smallest absolute Gasteiger partial charge is 0.339 e. The van der Waals surface area contributed by atoms with Crippen molar-refractivity contribution in [3.63, 3.8) is 0 Å². The number of nitrogens with one attached hydrogen (secondary N) is 2. The molecular weight excluding hydrogens is 448 g/mol. The summed E-state index contributed by atoms with van der Waals surface area (Å²) in [5.74, 6) is 0.574. The molecular formula is C27H38N2O6. The Kier molecular flexibility index (Phi) is 7.82. The summed E-state index contributed by atoms with van der Waals surface area (Å²) in [7, 11) is 0. The summed E-state index contributed by atoms with van der Waals surface area (Å²) in [6.45, 7) is 15.6. The molecule has 8 nitrogen and oxygen atoms in total. The van der Waals surface area contributed by atoms with Crippen LogP contribution in [0.2, 0.25) is 0 Å². The highest BCUT2D eigenvalue weighted by Gasteiger charge is 2.31. The van der Waals surface area contributed by atoms with Crippen molar-refractivity contribution >= 4 is 22.8 Å². The quantitative estimate of drug-likeness (QED) is 0.550. The number of rotatable bonds is 8. The molecule has 1 aromatic heterocycles. The van der Waals surface area contributed by atoms with Crippen molar-refractivity contribution in [1.29, 1.82) is 0 Å². The zero-order valence-electron chi connectivity index (χ0n) is 22.1. The van der Waals surface area contributed by atoms with Crippen LogP contribution >= 0.6 is 0 Å². The zero-order valence-corrected chi connectivity index (χ0v) is 22.1. The Balaban J connectivity index is 1.88. The van der Waals surface area contributed by atoms with Gasteiger partial charge in [-0.15, -0.1) is 0 Å². The third-order valence-corrected chi connectivity index (χ3v) is 6.42. The van der Waals surface area contributed by atoms with E-state index < -0.39 is 17.6 Å². The Labute approximate surface area is 206 Å². The minimum absolute atomic E-state index is 0.0921. The molecule has 2 N–H and O–H groups in total. The molecule has 2 heterocycles. The number of carbonyl (C=O) groups excluding carboxylic acids is 2. The molecule has 1 aliphatic rings. The minimum Gasteiger partial charge on any atom is -0.487 e. The van der Waals surface area contributed by atoms with Gasteiger partial charge in [-0.25, -0.2) is 4.79 Å². The number of carbonyl (C=O) groups is 2. The molecule has 35 heavy (non-hydrogen) atoms. The van der Waals surface area contributed by atoms with Gasteiger partial charge in [-0.05, 0) is 57.9 Å². The lowest BCUT2D eigenvalue weighted by Crippen LogP contribution is -2.51. The van der Waals surface area contributed by atoms with E-state index >= 15 is 0 Å². The molecule has 2 amide bonds. The SMILES string of the molecule is Cc1c(C)c2c(OCC(=O)NC(C(=O)NCC(C)C)C(C)C)cc3c(c2oc1=O)CCC(C)(C)O3. The van der Waals surface area contributed by atoms with Crippen molar-refractivity contribution in [1.82, 2.24) is 10.6 Å². The van der Waals surface area contributed by atoms with Gasteiger partial charge in [0.1, 0.15) is 28.7 Å². The molecule has 0 saturated carbocycles. The summed E-state index contributed by atoms with van der Waals surface area (Å²) in [6.07, 6.45) is 1.48. The van der Waals surface area contributed by atoms with E-state index in [0.717, 1.165) is 17.5 Å². The molecule has 2 aromatic rings. The van der Waals surface area contributed by atoms with Crippen LogP contribution in [0.4, 0.5) is 0 Å². The molecule has 0 aliphatic carbocycles.